The molecule has 6 nitrogen and oxygen atoms in total. The summed E-state index contributed by atoms with van der Waals surface area (Å²) in [5, 5.41) is 2.45. The summed E-state index contributed by atoms with van der Waals surface area (Å²) >= 11 is 5.98. The van der Waals surface area contributed by atoms with Gasteiger partial charge in [0.25, 0.3) is 5.56 Å². The van der Waals surface area contributed by atoms with E-state index in [2.05, 4.69) is 5.32 Å². The van der Waals surface area contributed by atoms with Gasteiger partial charge in [-0.15, -0.1) is 0 Å². The molecule has 0 aliphatic heterocycles. The molecular weight excluding hydrogens is 483 g/mol. The molecule has 1 heterocycles. The summed E-state index contributed by atoms with van der Waals surface area (Å²) in [6.07, 6.45) is -4.63. The zero-order valence-electron chi connectivity index (χ0n) is 18.6. The van der Waals surface area contributed by atoms with Crippen LogP contribution in [0.3, 0.4) is 0 Å². The van der Waals surface area contributed by atoms with Crippen molar-refractivity contribution in [3.05, 3.63) is 103 Å². The second-order valence-electron chi connectivity index (χ2n) is 8.11. The first-order valence-corrected chi connectivity index (χ1v) is 10.8. The SMILES string of the molecule is Cc1cc(C)cc(-n2c(=O)c3ccccc3n(CC(=O)Nc3cc(C(F)(F)F)ccc3Cl)c2=O)c1. The summed E-state index contributed by atoms with van der Waals surface area (Å²) < 4.78 is 41.3. The van der Waals surface area contributed by atoms with Gasteiger partial charge in [-0.2, -0.15) is 13.2 Å². The van der Waals surface area contributed by atoms with Crippen LogP contribution in [-0.2, 0) is 17.5 Å². The number of benzene rings is 3. The number of halogens is 4. The lowest BCUT2D eigenvalue weighted by atomic mass is 10.1. The third-order valence-electron chi connectivity index (χ3n) is 5.38. The fourth-order valence-electron chi connectivity index (χ4n) is 3.91. The Morgan fingerprint density at radius 1 is 0.971 bits per heavy atom. The van der Waals surface area contributed by atoms with Crippen molar-refractivity contribution in [1.82, 2.24) is 9.13 Å². The monoisotopic (exact) mass is 501 g/mol. The lowest BCUT2D eigenvalue weighted by Gasteiger charge is -2.16. The molecule has 0 bridgehead atoms. The first-order chi connectivity index (χ1) is 16.5. The van der Waals surface area contributed by atoms with Crippen molar-refractivity contribution in [3.63, 3.8) is 0 Å². The molecule has 0 saturated carbocycles. The summed E-state index contributed by atoms with van der Waals surface area (Å²) in [6, 6.07) is 14.1. The number of aromatic nitrogens is 2. The van der Waals surface area contributed by atoms with Crippen LogP contribution in [0.25, 0.3) is 16.6 Å². The van der Waals surface area contributed by atoms with Crippen LogP contribution >= 0.6 is 11.6 Å². The van der Waals surface area contributed by atoms with Gasteiger partial charge in [-0.3, -0.25) is 14.2 Å². The van der Waals surface area contributed by atoms with Crippen molar-refractivity contribution in [2.75, 3.05) is 5.32 Å². The van der Waals surface area contributed by atoms with Crippen LogP contribution < -0.4 is 16.6 Å². The highest BCUT2D eigenvalue weighted by Gasteiger charge is 2.31. The maximum atomic E-state index is 13.4. The van der Waals surface area contributed by atoms with E-state index in [1.54, 1.807) is 24.3 Å². The topological polar surface area (TPSA) is 73.1 Å². The van der Waals surface area contributed by atoms with Crippen molar-refractivity contribution in [3.8, 4) is 5.69 Å². The molecule has 0 aliphatic carbocycles. The number of hydrogen-bond donors (Lipinski definition) is 1. The molecule has 0 saturated heterocycles. The number of anilines is 1. The van der Waals surface area contributed by atoms with E-state index in [9.17, 15) is 27.6 Å². The predicted molar refractivity (Wildman–Crippen MR) is 128 cm³/mol. The van der Waals surface area contributed by atoms with Crippen LogP contribution in [0.15, 0.2) is 70.3 Å². The van der Waals surface area contributed by atoms with Crippen LogP contribution in [-0.4, -0.2) is 15.0 Å². The number of alkyl halides is 3. The first kappa shape index (κ1) is 24.3. The Kier molecular flexibility index (Phi) is 6.29. The third-order valence-corrected chi connectivity index (χ3v) is 5.71. The Bertz CT molecular complexity index is 1570. The van der Waals surface area contributed by atoms with Gasteiger partial charge < -0.3 is 5.32 Å². The lowest BCUT2D eigenvalue weighted by molar-refractivity contribution is -0.137. The van der Waals surface area contributed by atoms with E-state index in [-0.39, 0.29) is 21.6 Å². The highest BCUT2D eigenvalue weighted by molar-refractivity contribution is 6.33. The summed E-state index contributed by atoms with van der Waals surface area (Å²) in [5.41, 5.74) is -0.301. The molecule has 0 unspecified atom stereocenters. The van der Waals surface area contributed by atoms with E-state index in [0.717, 1.165) is 38.5 Å². The smallest absolute Gasteiger partial charge is 0.323 e. The number of hydrogen-bond acceptors (Lipinski definition) is 3. The van der Waals surface area contributed by atoms with Crippen molar-refractivity contribution in [2.45, 2.75) is 26.6 Å². The van der Waals surface area contributed by atoms with E-state index in [1.807, 2.05) is 19.9 Å². The fourth-order valence-corrected chi connectivity index (χ4v) is 4.08. The summed E-state index contributed by atoms with van der Waals surface area (Å²) in [6.45, 7) is 3.09. The number of amides is 1. The molecule has 4 aromatic rings. The van der Waals surface area contributed by atoms with Gasteiger partial charge in [0.05, 0.1) is 32.9 Å². The third kappa shape index (κ3) is 4.85. The van der Waals surface area contributed by atoms with E-state index in [1.165, 1.54) is 12.1 Å². The number of nitrogens with zero attached hydrogens (tertiary/aromatic N) is 2. The van der Waals surface area contributed by atoms with Gasteiger partial charge in [-0.1, -0.05) is 29.8 Å². The lowest BCUT2D eigenvalue weighted by Crippen LogP contribution is -2.40. The van der Waals surface area contributed by atoms with E-state index in [0.29, 0.717) is 5.69 Å². The molecular formula is C25H19ClF3N3O3. The number of aryl methyl sites for hydroxylation is 2. The second-order valence-corrected chi connectivity index (χ2v) is 8.52. The fraction of sp³-hybridized carbons (Fsp3) is 0.160. The number of carbonyl (C=O) groups excluding carboxylic acids is 1. The Morgan fingerprint density at radius 2 is 1.63 bits per heavy atom. The van der Waals surface area contributed by atoms with Gasteiger partial charge in [0.15, 0.2) is 0 Å². The highest BCUT2D eigenvalue weighted by atomic mass is 35.5. The quantitative estimate of drug-likeness (QED) is 0.424. The Labute approximate surface area is 202 Å². The maximum Gasteiger partial charge on any atom is 0.416 e. The predicted octanol–water partition coefficient (Wildman–Crippen LogP) is 5.08. The van der Waals surface area contributed by atoms with E-state index < -0.39 is 35.4 Å². The molecule has 1 N–H and O–H groups in total. The zero-order valence-corrected chi connectivity index (χ0v) is 19.4. The van der Waals surface area contributed by atoms with Crippen LogP contribution in [0.5, 0.6) is 0 Å². The molecule has 4 rings (SSSR count). The van der Waals surface area contributed by atoms with E-state index >= 15 is 0 Å². The molecule has 3 aromatic carbocycles. The number of fused-ring (bicyclic) bond motifs is 1. The van der Waals surface area contributed by atoms with Crippen molar-refractivity contribution in [1.29, 1.82) is 0 Å². The minimum Gasteiger partial charge on any atom is -0.323 e. The zero-order chi connectivity index (χ0) is 25.5. The van der Waals surface area contributed by atoms with Crippen molar-refractivity contribution >= 4 is 34.1 Å². The molecule has 0 spiro atoms. The molecule has 0 radical (unpaired) electrons. The van der Waals surface area contributed by atoms with Crippen LogP contribution in [0.4, 0.5) is 18.9 Å². The standard InChI is InChI=1S/C25H19ClF3N3O3/c1-14-9-15(2)11-17(10-14)32-23(34)18-5-3-4-6-21(18)31(24(32)35)13-22(33)30-20-12-16(25(27,28)29)7-8-19(20)26/h3-12H,13H2,1-2H3,(H,30,33). The van der Waals surface area contributed by atoms with Crippen LogP contribution in [0, 0.1) is 13.8 Å². The molecule has 0 aliphatic rings. The Morgan fingerprint density at radius 3 is 2.29 bits per heavy atom. The van der Waals surface area contributed by atoms with Gasteiger partial charge in [-0.25, -0.2) is 9.36 Å². The minimum atomic E-state index is -4.63. The average molecular weight is 502 g/mol. The molecule has 180 valence electrons. The summed E-state index contributed by atoms with van der Waals surface area (Å²) in [5.74, 6) is -0.788. The summed E-state index contributed by atoms with van der Waals surface area (Å²) in [4.78, 5) is 39.5. The van der Waals surface area contributed by atoms with Gasteiger partial charge in [0, 0.05) is 0 Å². The Hall–Kier alpha value is -3.85. The molecule has 10 heteroatoms. The normalized spacial score (nSPS) is 11.6. The average Bonchev–Trinajstić information content (AvgIpc) is 2.77. The van der Waals surface area contributed by atoms with Crippen molar-refractivity contribution in [2.24, 2.45) is 0 Å². The first-order valence-electron chi connectivity index (χ1n) is 10.5. The van der Waals surface area contributed by atoms with Gasteiger partial charge in [-0.05, 0) is 67.4 Å². The summed E-state index contributed by atoms with van der Waals surface area (Å²) in [7, 11) is 0. The van der Waals surface area contributed by atoms with Crippen LogP contribution in [0.2, 0.25) is 5.02 Å². The van der Waals surface area contributed by atoms with Gasteiger partial charge in [0.1, 0.15) is 6.54 Å². The molecule has 35 heavy (non-hydrogen) atoms. The van der Waals surface area contributed by atoms with E-state index in [4.69, 9.17) is 11.6 Å². The van der Waals surface area contributed by atoms with Gasteiger partial charge >= 0.3 is 11.9 Å². The largest absolute Gasteiger partial charge is 0.416 e. The molecule has 0 fully saturated rings. The number of para-hydroxylation sites is 1. The second kappa shape index (κ2) is 9.07. The van der Waals surface area contributed by atoms with Crippen LogP contribution in [0.1, 0.15) is 16.7 Å². The van der Waals surface area contributed by atoms with Gasteiger partial charge in [0.2, 0.25) is 5.91 Å². The molecule has 1 aromatic heterocycles. The molecule has 1 amide bonds. The number of nitrogens with one attached hydrogen (secondary N) is 1. The number of rotatable bonds is 4. The maximum absolute atomic E-state index is 13.4. The highest BCUT2D eigenvalue weighted by Crippen LogP contribution is 2.33. The van der Waals surface area contributed by atoms with Crippen molar-refractivity contribution < 1.29 is 18.0 Å². The number of carbonyl (C=O) groups is 1. The molecule has 0 atom stereocenters. The minimum absolute atomic E-state index is 0.0937. The Balaban J connectivity index is 1.81.